The predicted octanol–water partition coefficient (Wildman–Crippen LogP) is 1.63. The zero-order valence-corrected chi connectivity index (χ0v) is 10.8. The highest BCUT2D eigenvalue weighted by Crippen LogP contribution is 2.23. The lowest BCUT2D eigenvalue weighted by atomic mass is 9.86. The molecular formula is C12H26N4. The molecule has 0 amide bonds. The third-order valence-corrected chi connectivity index (χ3v) is 3.18. The first-order valence-corrected chi connectivity index (χ1v) is 6.41. The van der Waals surface area contributed by atoms with Gasteiger partial charge in [0.1, 0.15) is 0 Å². The zero-order chi connectivity index (χ0) is 12.0. The molecule has 4 heteroatoms. The molecule has 0 aliphatic heterocycles. The van der Waals surface area contributed by atoms with Crippen molar-refractivity contribution in [2.24, 2.45) is 22.7 Å². The van der Waals surface area contributed by atoms with Gasteiger partial charge in [-0.05, 0) is 24.7 Å². The highest BCUT2D eigenvalue weighted by molar-refractivity contribution is 5.79. The molecule has 1 rings (SSSR count). The fourth-order valence-corrected chi connectivity index (χ4v) is 2.11. The molecule has 0 radical (unpaired) electrons. The summed E-state index contributed by atoms with van der Waals surface area (Å²) in [6.45, 7) is 7.42. The Bertz CT molecular complexity index is 225. The van der Waals surface area contributed by atoms with Gasteiger partial charge >= 0.3 is 0 Å². The van der Waals surface area contributed by atoms with Crippen LogP contribution in [0.3, 0.4) is 0 Å². The Morgan fingerprint density at radius 1 is 1.38 bits per heavy atom. The van der Waals surface area contributed by atoms with Crippen LogP contribution in [0.1, 0.15) is 46.5 Å². The van der Waals surface area contributed by atoms with Gasteiger partial charge in [0.05, 0.1) is 0 Å². The minimum atomic E-state index is 0.524. The molecule has 2 unspecified atom stereocenters. The van der Waals surface area contributed by atoms with E-state index in [0.717, 1.165) is 12.5 Å². The molecule has 0 bridgehead atoms. The van der Waals surface area contributed by atoms with Gasteiger partial charge in [-0.1, -0.05) is 33.6 Å². The molecule has 0 aromatic rings. The average molecular weight is 226 g/mol. The molecule has 94 valence electrons. The molecule has 1 aliphatic rings. The highest BCUT2D eigenvalue weighted by Gasteiger charge is 2.21. The third-order valence-electron chi connectivity index (χ3n) is 3.18. The third kappa shape index (κ3) is 4.39. The van der Waals surface area contributed by atoms with Crippen LogP contribution in [0.25, 0.3) is 0 Å². The van der Waals surface area contributed by atoms with Crippen LogP contribution in [-0.2, 0) is 0 Å². The largest absolute Gasteiger partial charge is 0.352 e. The fraction of sp³-hybridized carbons (Fsp3) is 0.917. The second kappa shape index (κ2) is 6.74. The first kappa shape index (κ1) is 13.3. The Morgan fingerprint density at radius 2 is 2.06 bits per heavy atom. The van der Waals surface area contributed by atoms with Gasteiger partial charge in [-0.15, -0.1) is 0 Å². The Morgan fingerprint density at radius 3 is 2.62 bits per heavy atom. The Balaban J connectivity index is 2.45. The van der Waals surface area contributed by atoms with E-state index in [1.54, 1.807) is 0 Å². The van der Waals surface area contributed by atoms with E-state index < -0.39 is 0 Å². The Labute approximate surface area is 99.1 Å². The number of rotatable bonds is 3. The number of hydrogen-bond acceptors (Lipinski definition) is 2. The highest BCUT2D eigenvalue weighted by atomic mass is 15.3. The summed E-state index contributed by atoms with van der Waals surface area (Å²) in [5.41, 5.74) is 2.66. The lowest BCUT2D eigenvalue weighted by Gasteiger charge is -2.30. The smallest absolute Gasteiger partial charge is 0.205 e. The number of hydrazine groups is 1. The first-order chi connectivity index (χ1) is 7.63. The lowest BCUT2D eigenvalue weighted by Crippen LogP contribution is -2.49. The van der Waals surface area contributed by atoms with Crippen LogP contribution >= 0.6 is 0 Å². The Kier molecular flexibility index (Phi) is 5.60. The summed E-state index contributed by atoms with van der Waals surface area (Å²) >= 11 is 0. The number of nitrogens with zero attached hydrogens (tertiary/aromatic N) is 1. The van der Waals surface area contributed by atoms with Gasteiger partial charge in [0.25, 0.3) is 0 Å². The summed E-state index contributed by atoms with van der Waals surface area (Å²) in [6.07, 6.45) is 5.20. The van der Waals surface area contributed by atoms with Gasteiger partial charge in [0.15, 0.2) is 0 Å². The summed E-state index contributed by atoms with van der Waals surface area (Å²) in [6, 6.07) is 0.524. The van der Waals surface area contributed by atoms with Gasteiger partial charge in [0, 0.05) is 12.6 Å². The van der Waals surface area contributed by atoms with E-state index in [1.807, 2.05) is 0 Å². The van der Waals surface area contributed by atoms with E-state index in [2.05, 4.69) is 36.5 Å². The second-order valence-electron chi connectivity index (χ2n) is 5.24. The van der Waals surface area contributed by atoms with Crippen LogP contribution in [0.5, 0.6) is 0 Å². The van der Waals surface area contributed by atoms with Crippen molar-refractivity contribution in [3.05, 3.63) is 0 Å². The van der Waals surface area contributed by atoms with E-state index in [1.165, 1.54) is 25.7 Å². The minimum absolute atomic E-state index is 0.524. The molecule has 4 N–H and O–H groups in total. The number of hydrogen-bond donors (Lipinski definition) is 3. The number of guanidine groups is 1. The van der Waals surface area contributed by atoms with Crippen molar-refractivity contribution in [1.29, 1.82) is 0 Å². The summed E-state index contributed by atoms with van der Waals surface area (Å²) in [5.74, 6) is 7.50. The maximum absolute atomic E-state index is 5.48. The van der Waals surface area contributed by atoms with Crippen LogP contribution in [-0.4, -0.2) is 18.5 Å². The molecule has 1 aliphatic carbocycles. The summed E-state index contributed by atoms with van der Waals surface area (Å²) in [4.78, 5) is 4.44. The van der Waals surface area contributed by atoms with Crippen molar-refractivity contribution < 1.29 is 0 Å². The minimum Gasteiger partial charge on any atom is -0.352 e. The van der Waals surface area contributed by atoms with Gasteiger partial charge in [-0.25, -0.2) is 5.84 Å². The van der Waals surface area contributed by atoms with Gasteiger partial charge in [-0.2, -0.15) is 0 Å². The molecule has 0 aromatic heterocycles. The molecule has 0 heterocycles. The van der Waals surface area contributed by atoms with E-state index in [-0.39, 0.29) is 0 Å². The molecule has 0 aromatic carbocycles. The molecule has 2 atom stereocenters. The fourth-order valence-electron chi connectivity index (χ4n) is 2.11. The van der Waals surface area contributed by atoms with Crippen LogP contribution in [0.4, 0.5) is 0 Å². The summed E-state index contributed by atoms with van der Waals surface area (Å²) in [5, 5.41) is 3.42. The monoisotopic (exact) mass is 226 g/mol. The lowest BCUT2D eigenvalue weighted by molar-refractivity contribution is 0.306. The molecule has 0 saturated heterocycles. The van der Waals surface area contributed by atoms with Crippen LogP contribution in [0, 0.1) is 11.8 Å². The second-order valence-corrected chi connectivity index (χ2v) is 5.24. The molecule has 1 fully saturated rings. The summed E-state index contributed by atoms with van der Waals surface area (Å²) in [7, 11) is 0. The SMILES string of the molecule is CC(C)CN=C(NN)NC1CCCCC1C. The maximum Gasteiger partial charge on any atom is 0.205 e. The molecular weight excluding hydrogens is 200 g/mol. The molecule has 4 nitrogen and oxygen atoms in total. The number of nitrogens with one attached hydrogen (secondary N) is 2. The van der Waals surface area contributed by atoms with Crippen LogP contribution in [0.15, 0.2) is 4.99 Å². The number of nitrogens with two attached hydrogens (primary N) is 1. The van der Waals surface area contributed by atoms with E-state index >= 15 is 0 Å². The van der Waals surface area contributed by atoms with Crippen LogP contribution in [0.2, 0.25) is 0 Å². The normalized spacial score (nSPS) is 26.9. The zero-order valence-electron chi connectivity index (χ0n) is 10.8. The van der Waals surface area contributed by atoms with Crippen molar-refractivity contribution in [3.63, 3.8) is 0 Å². The van der Waals surface area contributed by atoms with Gasteiger partial charge < -0.3 is 5.32 Å². The molecule has 1 saturated carbocycles. The van der Waals surface area contributed by atoms with E-state index in [4.69, 9.17) is 5.84 Å². The van der Waals surface area contributed by atoms with Crippen molar-refractivity contribution in [1.82, 2.24) is 10.7 Å². The number of aliphatic imine (C=N–C) groups is 1. The quantitative estimate of drug-likeness (QED) is 0.297. The molecule has 0 spiro atoms. The van der Waals surface area contributed by atoms with Crippen molar-refractivity contribution >= 4 is 5.96 Å². The predicted molar refractivity (Wildman–Crippen MR) is 69.0 cm³/mol. The van der Waals surface area contributed by atoms with Crippen molar-refractivity contribution in [2.45, 2.75) is 52.5 Å². The Hall–Kier alpha value is -0.770. The molecule has 16 heavy (non-hydrogen) atoms. The van der Waals surface area contributed by atoms with Crippen LogP contribution < -0.4 is 16.6 Å². The topological polar surface area (TPSA) is 62.4 Å². The van der Waals surface area contributed by atoms with Crippen molar-refractivity contribution in [2.75, 3.05) is 6.54 Å². The van der Waals surface area contributed by atoms with Gasteiger partial charge in [-0.3, -0.25) is 10.4 Å². The maximum atomic E-state index is 5.48. The standard InChI is InChI=1S/C12H26N4/c1-9(2)8-14-12(16-13)15-11-7-5-4-6-10(11)3/h9-11H,4-8,13H2,1-3H3,(H2,14,15,16). The van der Waals surface area contributed by atoms with E-state index in [9.17, 15) is 0 Å². The van der Waals surface area contributed by atoms with Gasteiger partial charge in [0.2, 0.25) is 5.96 Å². The first-order valence-electron chi connectivity index (χ1n) is 6.41. The van der Waals surface area contributed by atoms with E-state index in [0.29, 0.717) is 17.9 Å². The average Bonchev–Trinajstić information content (AvgIpc) is 2.26. The summed E-state index contributed by atoms with van der Waals surface area (Å²) < 4.78 is 0. The van der Waals surface area contributed by atoms with Crippen molar-refractivity contribution in [3.8, 4) is 0 Å².